The van der Waals surface area contributed by atoms with Gasteiger partial charge in [-0.3, -0.25) is 0 Å². The van der Waals surface area contributed by atoms with Gasteiger partial charge >= 0.3 is 0 Å². The van der Waals surface area contributed by atoms with Crippen LogP contribution in [0.5, 0.6) is 11.5 Å². The molecule has 3 nitrogen and oxygen atoms in total. The highest BCUT2D eigenvalue weighted by Gasteiger charge is 2.19. The minimum atomic E-state index is -1.41. The highest BCUT2D eigenvalue weighted by atomic mass is 19.1. The van der Waals surface area contributed by atoms with Crippen LogP contribution in [0.4, 0.5) is 8.78 Å². The van der Waals surface area contributed by atoms with Crippen LogP contribution in [0.25, 0.3) is 0 Å². The molecule has 0 radical (unpaired) electrons. The summed E-state index contributed by atoms with van der Waals surface area (Å²) < 4.78 is 37.6. The predicted molar refractivity (Wildman–Crippen MR) is 74.5 cm³/mol. The molecule has 0 bridgehead atoms. The van der Waals surface area contributed by atoms with Gasteiger partial charge in [0.1, 0.15) is 24.3 Å². The van der Waals surface area contributed by atoms with Gasteiger partial charge in [-0.1, -0.05) is 12.1 Å². The van der Waals surface area contributed by atoms with Gasteiger partial charge in [0.05, 0.1) is 12.7 Å². The second kappa shape index (κ2) is 6.54. The Hall–Kier alpha value is -2.14. The van der Waals surface area contributed by atoms with Crippen molar-refractivity contribution in [2.45, 2.75) is 13.0 Å². The minimum Gasteiger partial charge on any atom is -0.493 e. The number of rotatable bonds is 5. The highest BCUT2D eigenvalue weighted by molar-refractivity contribution is 5.42. The van der Waals surface area contributed by atoms with Crippen molar-refractivity contribution in [2.24, 2.45) is 0 Å². The first-order valence-electron chi connectivity index (χ1n) is 6.42. The monoisotopic (exact) mass is 294 g/mol. The Morgan fingerprint density at radius 2 is 1.76 bits per heavy atom. The van der Waals surface area contributed by atoms with Gasteiger partial charge in [-0.15, -0.1) is 0 Å². The molecule has 0 spiro atoms. The van der Waals surface area contributed by atoms with Crippen LogP contribution in [0.15, 0.2) is 36.4 Å². The van der Waals surface area contributed by atoms with Crippen molar-refractivity contribution in [3.05, 3.63) is 59.2 Å². The van der Waals surface area contributed by atoms with Gasteiger partial charge < -0.3 is 14.6 Å². The molecule has 0 heterocycles. The molecule has 2 aromatic rings. The van der Waals surface area contributed by atoms with Gasteiger partial charge in [-0.2, -0.15) is 0 Å². The van der Waals surface area contributed by atoms with E-state index in [9.17, 15) is 13.9 Å². The van der Waals surface area contributed by atoms with Crippen LogP contribution >= 0.6 is 0 Å². The van der Waals surface area contributed by atoms with E-state index in [0.717, 1.165) is 17.7 Å². The molecule has 0 aromatic heterocycles. The van der Waals surface area contributed by atoms with Crippen molar-refractivity contribution in [1.82, 2.24) is 0 Å². The molecule has 0 amide bonds. The van der Waals surface area contributed by atoms with Crippen LogP contribution in [-0.2, 0) is 0 Å². The summed E-state index contributed by atoms with van der Waals surface area (Å²) in [6, 6.07) is 8.69. The number of hydrogen-bond donors (Lipinski definition) is 1. The normalized spacial score (nSPS) is 12.0. The SMILES string of the molecule is COc1cc(C)ccc1OCC(O)c1c(F)cccc1F. The molecule has 2 rings (SSSR count). The maximum absolute atomic E-state index is 13.5. The molecule has 0 saturated carbocycles. The first-order chi connectivity index (χ1) is 10.0. The van der Waals surface area contributed by atoms with Gasteiger partial charge in [0.25, 0.3) is 0 Å². The van der Waals surface area contributed by atoms with Crippen LogP contribution < -0.4 is 9.47 Å². The number of aryl methyl sites for hydroxylation is 1. The largest absolute Gasteiger partial charge is 0.493 e. The molecule has 1 atom stereocenters. The molecule has 0 saturated heterocycles. The quantitative estimate of drug-likeness (QED) is 0.918. The molecule has 1 unspecified atom stereocenters. The zero-order chi connectivity index (χ0) is 15.4. The van der Waals surface area contributed by atoms with E-state index in [1.54, 1.807) is 12.1 Å². The summed E-state index contributed by atoms with van der Waals surface area (Å²) in [4.78, 5) is 0. The molecule has 112 valence electrons. The third-order valence-corrected chi connectivity index (χ3v) is 3.05. The fraction of sp³-hybridized carbons (Fsp3) is 0.250. The van der Waals surface area contributed by atoms with Crippen molar-refractivity contribution in [1.29, 1.82) is 0 Å². The Labute approximate surface area is 121 Å². The zero-order valence-electron chi connectivity index (χ0n) is 11.8. The van der Waals surface area contributed by atoms with E-state index in [4.69, 9.17) is 9.47 Å². The van der Waals surface area contributed by atoms with Crippen LogP contribution in [0.1, 0.15) is 17.2 Å². The van der Waals surface area contributed by atoms with Crippen LogP contribution in [-0.4, -0.2) is 18.8 Å². The number of hydrogen-bond acceptors (Lipinski definition) is 3. The van der Waals surface area contributed by atoms with Crippen molar-refractivity contribution in [3.63, 3.8) is 0 Å². The number of aliphatic hydroxyl groups excluding tert-OH is 1. The summed E-state index contributed by atoms with van der Waals surface area (Å²) in [7, 11) is 1.49. The lowest BCUT2D eigenvalue weighted by Gasteiger charge is -2.16. The number of aliphatic hydroxyl groups is 1. The van der Waals surface area contributed by atoms with Crippen LogP contribution in [0.3, 0.4) is 0 Å². The first kappa shape index (κ1) is 15.3. The Bertz CT molecular complexity index is 609. The van der Waals surface area contributed by atoms with Crippen molar-refractivity contribution in [3.8, 4) is 11.5 Å². The molecule has 0 fully saturated rings. The Balaban J connectivity index is 2.13. The molecule has 0 aliphatic carbocycles. The number of ether oxygens (including phenoxy) is 2. The van der Waals surface area contributed by atoms with E-state index < -0.39 is 23.3 Å². The maximum Gasteiger partial charge on any atom is 0.161 e. The van der Waals surface area contributed by atoms with Crippen molar-refractivity contribution < 1.29 is 23.4 Å². The third kappa shape index (κ3) is 3.49. The topological polar surface area (TPSA) is 38.7 Å². The summed E-state index contributed by atoms with van der Waals surface area (Å²) >= 11 is 0. The van der Waals surface area contributed by atoms with E-state index in [0.29, 0.717) is 11.5 Å². The van der Waals surface area contributed by atoms with E-state index in [1.165, 1.54) is 13.2 Å². The third-order valence-electron chi connectivity index (χ3n) is 3.05. The molecule has 2 aromatic carbocycles. The van der Waals surface area contributed by atoms with E-state index in [2.05, 4.69) is 0 Å². The summed E-state index contributed by atoms with van der Waals surface area (Å²) in [5.41, 5.74) is 0.587. The molecular formula is C16H16F2O3. The fourth-order valence-corrected chi connectivity index (χ4v) is 1.98. The average Bonchev–Trinajstić information content (AvgIpc) is 2.45. The summed E-state index contributed by atoms with van der Waals surface area (Å²) in [6.07, 6.45) is -1.41. The summed E-state index contributed by atoms with van der Waals surface area (Å²) in [5, 5.41) is 9.92. The average molecular weight is 294 g/mol. The highest BCUT2D eigenvalue weighted by Crippen LogP contribution is 2.29. The van der Waals surface area contributed by atoms with Crippen molar-refractivity contribution in [2.75, 3.05) is 13.7 Å². The molecule has 1 N–H and O–H groups in total. The van der Waals surface area contributed by atoms with Gasteiger partial charge in [-0.25, -0.2) is 8.78 Å². The van der Waals surface area contributed by atoms with Gasteiger partial charge in [0.15, 0.2) is 11.5 Å². The zero-order valence-corrected chi connectivity index (χ0v) is 11.8. The Morgan fingerprint density at radius 3 is 2.38 bits per heavy atom. The molecule has 0 aliphatic heterocycles. The lowest BCUT2D eigenvalue weighted by atomic mass is 10.1. The summed E-state index contributed by atoms with van der Waals surface area (Å²) in [6.45, 7) is 1.62. The minimum absolute atomic E-state index is 0.280. The second-order valence-corrected chi connectivity index (χ2v) is 4.62. The standard InChI is InChI=1S/C16H16F2O3/c1-10-6-7-14(15(8-10)20-2)21-9-13(19)16-11(17)4-3-5-12(16)18/h3-8,13,19H,9H2,1-2H3. The number of halogens is 2. The van der Waals surface area contributed by atoms with Crippen molar-refractivity contribution >= 4 is 0 Å². The lowest BCUT2D eigenvalue weighted by Crippen LogP contribution is -2.13. The second-order valence-electron chi connectivity index (χ2n) is 4.62. The Morgan fingerprint density at radius 1 is 1.10 bits per heavy atom. The number of methoxy groups -OCH3 is 1. The molecule has 5 heteroatoms. The molecule has 21 heavy (non-hydrogen) atoms. The predicted octanol–water partition coefficient (Wildman–Crippen LogP) is 3.39. The van der Waals surface area contributed by atoms with Crippen LogP contribution in [0, 0.1) is 18.6 Å². The molecular weight excluding hydrogens is 278 g/mol. The van der Waals surface area contributed by atoms with Gasteiger partial charge in [-0.05, 0) is 36.8 Å². The van der Waals surface area contributed by atoms with E-state index in [-0.39, 0.29) is 6.61 Å². The Kier molecular flexibility index (Phi) is 4.75. The number of benzene rings is 2. The van der Waals surface area contributed by atoms with Gasteiger partial charge in [0.2, 0.25) is 0 Å². The lowest BCUT2D eigenvalue weighted by molar-refractivity contribution is 0.0997. The smallest absolute Gasteiger partial charge is 0.161 e. The fourth-order valence-electron chi connectivity index (χ4n) is 1.98. The molecule has 0 aliphatic rings. The summed E-state index contributed by atoms with van der Waals surface area (Å²) in [5.74, 6) is -0.709. The van der Waals surface area contributed by atoms with E-state index >= 15 is 0 Å². The first-order valence-corrected chi connectivity index (χ1v) is 6.42. The van der Waals surface area contributed by atoms with Crippen LogP contribution in [0.2, 0.25) is 0 Å². The van der Waals surface area contributed by atoms with Gasteiger partial charge in [0, 0.05) is 0 Å². The maximum atomic E-state index is 13.5. The van der Waals surface area contributed by atoms with E-state index in [1.807, 2.05) is 13.0 Å².